The van der Waals surface area contributed by atoms with Gasteiger partial charge in [0.2, 0.25) is 0 Å². The van der Waals surface area contributed by atoms with Gasteiger partial charge in [-0.2, -0.15) is 26.3 Å². The van der Waals surface area contributed by atoms with E-state index in [4.69, 9.17) is 0 Å². The van der Waals surface area contributed by atoms with Crippen molar-refractivity contribution in [2.24, 2.45) is 0 Å². The summed E-state index contributed by atoms with van der Waals surface area (Å²) in [5.41, 5.74) is 9.50. The Morgan fingerprint density at radius 1 is 0.203 bits per heavy atom. The lowest BCUT2D eigenvalue weighted by molar-refractivity contribution is -0.138. The van der Waals surface area contributed by atoms with Gasteiger partial charge in [-0.05, 0) is 206 Å². The van der Waals surface area contributed by atoms with Crippen LogP contribution >= 0.6 is 14.3 Å². The second-order valence-electron chi connectivity index (χ2n) is 30.5. The predicted molar refractivity (Wildman–Crippen MR) is 480 cm³/mol. The molecule has 0 N–H and O–H groups in total. The van der Waals surface area contributed by atoms with Crippen LogP contribution in [-0.2, 0) is 21.5 Å². The first-order chi connectivity index (χ1) is 57.6. The van der Waals surface area contributed by atoms with Crippen LogP contribution in [-0.4, -0.2) is 9.13 Å². The van der Waals surface area contributed by atoms with E-state index in [1.165, 1.54) is 24.3 Å². The van der Waals surface area contributed by atoms with Gasteiger partial charge in [0.1, 0.15) is 0 Å². The second-order valence-corrected chi connectivity index (χ2v) is 35.9. The van der Waals surface area contributed by atoms with Gasteiger partial charge < -0.3 is 18.3 Å². The number of nitrogens with zero attached hydrogens (tertiary/aromatic N) is 2. The van der Waals surface area contributed by atoms with Gasteiger partial charge in [0.15, 0.2) is 14.3 Å². The van der Waals surface area contributed by atoms with Gasteiger partial charge in [0.05, 0.1) is 33.2 Å². The Hall–Kier alpha value is -13.9. The topological polar surface area (TPSA) is 44.0 Å². The first-order valence-electron chi connectivity index (χ1n) is 39.1. The Labute approximate surface area is 672 Å². The largest absolute Gasteiger partial charge is 0.416 e. The van der Waals surface area contributed by atoms with Crippen molar-refractivity contribution < 1.29 is 35.5 Å². The fourth-order valence-electron chi connectivity index (χ4n) is 19.1. The summed E-state index contributed by atoms with van der Waals surface area (Å²) in [5, 5.41) is 20.3. The van der Waals surface area contributed by atoms with Crippen molar-refractivity contribution in [3.63, 3.8) is 0 Å². The minimum atomic E-state index is -4.73. The predicted octanol–water partition coefficient (Wildman–Crippen LogP) is 27.4. The summed E-state index contributed by atoms with van der Waals surface area (Å²) in [6.45, 7) is 0. The third kappa shape index (κ3) is 10.7. The molecule has 0 fully saturated rings. The van der Waals surface area contributed by atoms with Crippen molar-refractivity contribution >= 4 is 176 Å². The number of halogens is 6. The molecule has 12 heteroatoms. The summed E-state index contributed by atoms with van der Waals surface area (Å²) >= 11 is 0. The number of aromatic nitrogens is 2. The van der Waals surface area contributed by atoms with E-state index in [-0.39, 0.29) is 10.6 Å². The van der Waals surface area contributed by atoms with Crippen molar-refractivity contribution in [1.82, 2.24) is 9.13 Å². The van der Waals surface area contributed by atoms with E-state index >= 15 is 9.13 Å². The molecular formula is C106H64F6N2O2P2. The van der Waals surface area contributed by atoms with Gasteiger partial charge in [-0.15, -0.1) is 0 Å². The van der Waals surface area contributed by atoms with Crippen molar-refractivity contribution in [2.75, 3.05) is 0 Å². The van der Waals surface area contributed by atoms with Gasteiger partial charge in [0.25, 0.3) is 0 Å². The molecule has 4 nitrogen and oxygen atoms in total. The first-order valence-corrected chi connectivity index (χ1v) is 42.5. The highest BCUT2D eigenvalue weighted by atomic mass is 31.2. The lowest BCUT2D eigenvalue weighted by atomic mass is 9.86. The quantitative estimate of drug-likeness (QED) is 0.0561. The summed E-state index contributed by atoms with van der Waals surface area (Å²) in [7, 11) is -8.58. The number of benzene rings is 20. The highest BCUT2D eigenvalue weighted by molar-refractivity contribution is 7.86. The molecule has 0 bridgehead atoms. The molecule has 1 atom stereocenters. The van der Waals surface area contributed by atoms with E-state index < -0.39 is 37.8 Å². The normalized spacial score (nSPS) is 13.0. The minimum absolute atomic E-state index is 0.0281. The molecule has 1 unspecified atom stereocenters. The maximum atomic E-state index is 19.1. The van der Waals surface area contributed by atoms with E-state index in [0.717, 1.165) is 183 Å². The number of hydrogen-bond donors (Lipinski definition) is 0. The average Bonchev–Trinajstić information content (AvgIpc) is 0.859. The molecule has 2 heterocycles. The molecular weight excluding hydrogens is 1510 g/mol. The summed E-state index contributed by atoms with van der Waals surface area (Å²) in [6, 6.07) is 125. The molecule has 0 aliphatic heterocycles. The molecule has 20 aromatic carbocycles. The van der Waals surface area contributed by atoms with Gasteiger partial charge in [-0.25, -0.2) is 0 Å². The maximum absolute atomic E-state index is 19.1. The molecule has 0 aliphatic rings. The van der Waals surface area contributed by atoms with Crippen LogP contribution in [0.4, 0.5) is 26.3 Å². The Morgan fingerprint density at radius 3 is 0.924 bits per heavy atom. The zero-order valence-corrected chi connectivity index (χ0v) is 64.6. The maximum Gasteiger partial charge on any atom is 0.416 e. The zero-order chi connectivity index (χ0) is 79.5. The number of para-hydroxylation sites is 3. The molecule has 0 spiro atoms. The van der Waals surface area contributed by atoms with Crippen LogP contribution in [0.3, 0.4) is 0 Å². The summed E-state index contributed by atoms with van der Waals surface area (Å²) in [4.78, 5) is 0. The van der Waals surface area contributed by atoms with Gasteiger partial charge >= 0.3 is 12.4 Å². The first kappa shape index (κ1) is 70.7. The van der Waals surface area contributed by atoms with Crippen molar-refractivity contribution in [1.29, 1.82) is 0 Å². The van der Waals surface area contributed by atoms with E-state index in [1.807, 2.05) is 78.9 Å². The Kier molecular flexibility index (Phi) is 16.1. The van der Waals surface area contributed by atoms with Crippen LogP contribution in [0, 0.1) is 0 Å². The number of fused-ring (bicyclic) bond motifs is 20. The van der Waals surface area contributed by atoms with Crippen LogP contribution in [0.2, 0.25) is 0 Å². The van der Waals surface area contributed by atoms with Crippen molar-refractivity contribution in [2.45, 2.75) is 12.4 Å². The number of rotatable bonds is 11. The van der Waals surface area contributed by atoms with Crippen molar-refractivity contribution in [3.8, 4) is 44.8 Å². The molecule has 0 amide bonds. The van der Waals surface area contributed by atoms with Crippen LogP contribution < -0.4 is 31.8 Å². The van der Waals surface area contributed by atoms with Gasteiger partial charge in [0, 0.05) is 75.5 Å². The minimum Gasteiger partial charge on any atom is -0.309 e. The third-order valence-corrected chi connectivity index (χ3v) is 30.5. The van der Waals surface area contributed by atoms with E-state index in [1.54, 1.807) is 0 Å². The van der Waals surface area contributed by atoms with E-state index in [0.29, 0.717) is 37.5 Å². The fourth-order valence-corrected chi connectivity index (χ4v) is 25.3. The van der Waals surface area contributed by atoms with Crippen LogP contribution in [0.25, 0.3) is 175 Å². The zero-order valence-electron chi connectivity index (χ0n) is 62.8. The van der Waals surface area contributed by atoms with Gasteiger partial charge in [-0.1, -0.05) is 291 Å². The molecule has 562 valence electrons. The average molecular weight is 1570 g/mol. The number of alkyl halides is 6. The Balaban J connectivity index is 0.743. The smallest absolute Gasteiger partial charge is 0.309 e. The Morgan fingerprint density at radius 2 is 0.500 bits per heavy atom. The number of hydrogen-bond acceptors (Lipinski definition) is 2. The van der Waals surface area contributed by atoms with Crippen molar-refractivity contribution in [3.05, 3.63) is 399 Å². The van der Waals surface area contributed by atoms with Crippen LogP contribution in [0.1, 0.15) is 11.1 Å². The Bertz CT molecular complexity index is 8010. The molecule has 22 rings (SSSR count). The monoisotopic (exact) mass is 1570 g/mol. The van der Waals surface area contributed by atoms with Crippen LogP contribution in [0.15, 0.2) is 388 Å². The molecule has 22 aromatic rings. The van der Waals surface area contributed by atoms with E-state index in [9.17, 15) is 26.3 Å². The summed E-state index contributed by atoms with van der Waals surface area (Å²) in [6.07, 6.45) is -9.46. The van der Waals surface area contributed by atoms with E-state index in [2.05, 4.69) is 270 Å². The molecule has 0 aliphatic carbocycles. The summed E-state index contributed by atoms with van der Waals surface area (Å²) < 4.78 is 128. The molecule has 0 radical (unpaired) electrons. The lowest BCUT2D eigenvalue weighted by Gasteiger charge is -2.27. The third-order valence-electron chi connectivity index (χ3n) is 24.2. The van der Waals surface area contributed by atoms with Gasteiger partial charge in [-0.3, -0.25) is 0 Å². The molecule has 0 saturated heterocycles. The fraction of sp³-hybridized carbons (Fsp3) is 0.0189. The highest BCUT2D eigenvalue weighted by Crippen LogP contribution is 2.57. The highest BCUT2D eigenvalue weighted by Gasteiger charge is 2.41. The standard InChI is InChI=1S/C106H64F6N2O2P2/c107-105(108,109)69-50-54-73(55-51-69)117(115,74-56-52-70(53-57-74)106(110,111)112)103-89-42-17-16-41-88(89)98(100-84-37-12-8-31-78(84)79-32-9-13-38-85(79)101(100)103)67-48-46-65(47-49-67)68-26-23-29-72(62-68)114-94-45-22-20-35-82(94)92-64-76(59-61-96(92)114)118(116,75-58-60-95-91(63-75)81-34-19-21-44-93(81)113(95)71-27-5-2-6-28-71)104-90-43-18-15-40-87(90)97(66-24-3-1-4-25-66)99-83-36-11-7-30-77(83)80-33-10-14-39-86(80)102(99)104/h1-64H. The SMILES string of the molecule is O=P(c1ccc(C(F)(F)F)cc1)(c1ccc(C(F)(F)F)cc1)c1c2ccccc2c(-c2ccc(-c3cccc(-n4c5ccccc5c5cc(P(=O)(c6ccc7c(c6)c6ccccc6n7-c6ccccc6)c6c7ccccc7c(-c7ccccc7)c7c8ccccc8c8ccccc8c67)ccc54)c3)cc2)c2c3ccccc3c3ccccc3c12. The lowest BCUT2D eigenvalue weighted by Crippen LogP contribution is -2.27. The summed E-state index contributed by atoms with van der Waals surface area (Å²) in [5.74, 6) is 0. The molecule has 118 heavy (non-hydrogen) atoms. The van der Waals surface area contributed by atoms with Crippen LogP contribution in [0.5, 0.6) is 0 Å². The second kappa shape index (κ2) is 26.9. The molecule has 2 aromatic heterocycles. The molecule has 0 saturated carbocycles.